The Morgan fingerprint density at radius 1 is 0.830 bits per heavy atom. The third-order valence-electron chi connectivity index (χ3n) is 8.28. The molecular weight excluding hydrogens is 624 g/mol. The first-order valence-electron chi connectivity index (χ1n) is 15.4. The minimum absolute atomic E-state index is 0.0327. The number of nitrogens with one attached hydrogen (secondary N) is 1. The second-order valence-electron chi connectivity index (χ2n) is 11.5. The molecule has 8 nitrogen and oxygen atoms in total. The van der Waals surface area contributed by atoms with Crippen LogP contribution in [0.15, 0.2) is 108 Å². The average Bonchev–Trinajstić information content (AvgIpc) is 3.60. The number of benzene rings is 4. The van der Waals surface area contributed by atoms with Crippen LogP contribution in [0, 0.1) is 11.6 Å². The number of methoxy groups -OCH3 is 1. The van der Waals surface area contributed by atoms with Gasteiger partial charge in [0.05, 0.1) is 17.7 Å². The van der Waals surface area contributed by atoms with Gasteiger partial charge in [0.2, 0.25) is 11.8 Å². The van der Waals surface area contributed by atoms with Crippen molar-refractivity contribution in [1.29, 1.82) is 0 Å². The van der Waals surface area contributed by atoms with Crippen LogP contribution in [0.25, 0.3) is 0 Å². The first-order valence-corrected chi connectivity index (χ1v) is 16.9. The molecule has 1 atom stereocenters. The lowest BCUT2D eigenvalue weighted by Crippen LogP contribution is -2.54. The van der Waals surface area contributed by atoms with Gasteiger partial charge in [-0.15, -0.1) is 0 Å². The Bertz CT molecular complexity index is 1750. The summed E-state index contributed by atoms with van der Waals surface area (Å²) in [6, 6.07) is 24.2. The highest BCUT2D eigenvalue weighted by atomic mass is 32.2. The van der Waals surface area contributed by atoms with Crippen molar-refractivity contribution in [3.05, 3.63) is 126 Å². The van der Waals surface area contributed by atoms with Crippen molar-refractivity contribution in [3.63, 3.8) is 0 Å². The minimum atomic E-state index is -4.36. The summed E-state index contributed by atoms with van der Waals surface area (Å²) < 4.78 is 62.1. The second-order valence-corrected chi connectivity index (χ2v) is 13.4. The number of hydrogen-bond donors (Lipinski definition) is 1. The number of amides is 2. The molecule has 0 spiro atoms. The Morgan fingerprint density at radius 2 is 1.43 bits per heavy atom. The standard InChI is InChI=1S/C36H37F2N3O5S/c1-46-32-19-21-33(22-20-32)47(44,45)41(31-17-15-29(38)16-18-31)25-35(42)40(24-27-11-13-28(37)14-12-27)34(23-26-7-3-2-4-8-26)36(43)39-30-9-5-6-10-30/h2-4,7-8,11-22,30,34H,5-6,9-10,23-25H2,1H3,(H,39,43)/t34-/m0/s1. The molecule has 2 amide bonds. The largest absolute Gasteiger partial charge is 0.497 e. The summed E-state index contributed by atoms with van der Waals surface area (Å²) in [6.07, 6.45) is 3.79. The maximum Gasteiger partial charge on any atom is 0.264 e. The lowest BCUT2D eigenvalue weighted by atomic mass is 10.0. The molecule has 1 saturated carbocycles. The Kier molecular flexibility index (Phi) is 10.9. The minimum Gasteiger partial charge on any atom is -0.497 e. The van der Waals surface area contributed by atoms with Crippen LogP contribution in [-0.4, -0.2) is 50.9 Å². The molecule has 47 heavy (non-hydrogen) atoms. The maximum absolute atomic E-state index is 14.5. The van der Waals surface area contributed by atoms with Crippen molar-refractivity contribution in [1.82, 2.24) is 10.2 Å². The molecule has 0 aliphatic heterocycles. The third kappa shape index (κ3) is 8.53. The van der Waals surface area contributed by atoms with Crippen molar-refractivity contribution in [2.45, 2.75) is 55.6 Å². The predicted octanol–water partition coefficient (Wildman–Crippen LogP) is 5.87. The number of nitrogens with zero attached hydrogens (tertiary/aromatic N) is 2. The highest BCUT2D eigenvalue weighted by Crippen LogP contribution is 2.27. The summed E-state index contributed by atoms with van der Waals surface area (Å²) in [5.74, 6) is -1.62. The average molecular weight is 662 g/mol. The van der Waals surface area contributed by atoms with Gasteiger partial charge in [0.1, 0.15) is 30.0 Å². The molecule has 1 N–H and O–H groups in total. The van der Waals surface area contributed by atoms with Gasteiger partial charge in [-0.05, 0) is 84.6 Å². The predicted molar refractivity (Wildman–Crippen MR) is 175 cm³/mol. The summed E-state index contributed by atoms with van der Waals surface area (Å²) in [6.45, 7) is -0.780. The molecule has 0 aromatic heterocycles. The van der Waals surface area contributed by atoms with Crippen LogP contribution in [0.3, 0.4) is 0 Å². The van der Waals surface area contributed by atoms with E-state index in [-0.39, 0.29) is 35.5 Å². The Labute approximate surface area is 274 Å². The third-order valence-corrected chi connectivity index (χ3v) is 10.1. The normalized spacial score (nSPS) is 13.9. The van der Waals surface area contributed by atoms with Crippen LogP contribution in [0.5, 0.6) is 5.75 Å². The van der Waals surface area contributed by atoms with Crippen LogP contribution < -0.4 is 14.4 Å². The number of ether oxygens (including phenoxy) is 1. The van der Waals surface area contributed by atoms with Gasteiger partial charge in [-0.2, -0.15) is 0 Å². The Hall–Kier alpha value is -4.77. The molecule has 5 rings (SSSR count). The molecule has 246 valence electrons. The van der Waals surface area contributed by atoms with Crippen LogP contribution >= 0.6 is 0 Å². The van der Waals surface area contributed by atoms with Gasteiger partial charge < -0.3 is 15.0 Å². The molecule has 4 aromatic carbocycles. The Balaban J connectivity index is 1.55. The van der Waals surface area contributed by atoms with Crippen LogP contribution in [0.2, 0.25) is 0 Å². The van der Waals surface area contributed by atoms with Crippen LogP contribution in [-0.2, 0) is 32.6 Å². The van der Waals surface area contributed by atoms with E-state index in [2.05, 4.69) is 5.32 Å². The number of sulfonamides is 1. The van der Waals surface area contributed by atoms with Crippen molar-refractivity contribution in [3.8, 4) is 5.75 Å². The second kappa shape index (κ2) is 15.2. The quantitative estimate of drug-likeness (QED) is 0.194. The van der Waals surface area contributed by atoms with Gasteiger partial charge >= 0.3 is 0 Å². The van der Waals surface area contributed by atoms with E-state index >= 15 is 0 Å². The van der Waals surface area contributed by atoms with Crippen molar-refractivity contribution < 1.29 is 31.5 Å². The number of carbonyl (C=O) groups is 2. The zero-order valence-electron chi connectivity index (χ0n) is 26.0. The highest BCUT2D eigenvalue weighted by molar-refractivity contribution is 7.92. The smallest absolute Gasteiger partial charge is 0.264 e. The zero-order valence-corrected chi connectivity index (χ0v) is 26.8. The van der Waals surface area contributed by atoms with Gasteiger partial charge in [0, 0.05) is 19.0 Å². The van der Waals surface area contributed by atoms with Crippen molar-refractivity contribution in [2.75, 3.05) is 18.0 Å². The number of carbonyl (C=O) groups excluding carboxylic acids is 2. The fourth-order valence-electron chi connectivity index (χ4n) is 5.72. The molecule has 1 aliphatic carbocycles. The molecular formula is C36H37F2N3O5S. The summed E-state index contributed by atoms with van der Waals surface area (Å²) in [5, 5.41) is 3.11. The van der Waals surface area contributed by atoms with Gasteiger partial charge in [0.25, 0.3) is 10.0 Å². The molecule has 0 bridgehead atoms. The van der Waals surface area contributed by atoms with Gasteiger partial charge in [-0.3, -0.25) is 13.9 Å². The van der Waals surface area contributed by atoms with Crippen LogP contribution in [0.1, 0.15) is 36.8 Å². The summed E-state index contributed by atoms with van der Waals surface area (Å²) >= 11 is 0. The first-order chi connectivity index (χ1) is 22.6. The van der Waals surface area contributed by atoms with E-state index in [1.165, 1.54) is 72.7 Å². The fraction of sp³-hybridized carbons (Fsp3) is 0.278. The zero-order chi connectivity index (χ0) is 33.4. The van der Waals surface area contributed by atoms with E-state index in [1.54, 1.807) is 0 Å². The van der Waals surface area contributed by atoms with E-state index in [9.17, 15) is 26.8 Å². The molecule has 0 radical (unpaired) electrons. The number of hydrogen-bond acceptors (Lipinski definition) is 5. The van der Waals surface area contributed by atoms with Crippen LogP contribution in [0.4, 0.5) is 14.5 Å². The topological polar surface area (TPSA) is 96.0 Å². The summed E-state index contributed by atoms with van der Waals surface area (Å²) in [7, 11) is -2.91. The van der Waals surface area contributed by atoms with E-state index in [1.807, 2.05) is 30.3 Å². The fourth-order valence-corrected chi connectivity index (χ4v) is 7.13. The monoisotopic (exact) mass is 661 g/mol. The molecule has 0 saturated heterocycles. The molecule has 1 fully saturated rings. The van der Waals surface area contributed by atoms with Gasteiger partial charge in [0.15, 0.2) is 0 Å². The van der Waals surface area contributed by atoms with Crippen molar-refractivity contribution in [2.24, 2.45) is 0 Å². The number of rotatable bonds is 13. The number of anilines is 1. The summed E-state index contributed by atoms with van der Waals surface area (Å²) in [4.78, 5) is 29.7. The number of halogens is 2. The van der Waals surface area contributed by atoms with E-state index in [0.29, 0.717) is 11.3 Å². The van der Waals surface area contributed by atoms with E-state index in [0.717, 1.165) is 47.7 Å². The molecule has 0 heterocycles. The van der Waals surface area contributed by atoms with Crippen molar-refractivity contribution >= 4 is 27.5 Å². The first kappa shape index (κ1) is 33.6. The highest BCUT2D eigenvalue weighted by Gasteiger charge is 2.35. The van der Waals surface area contributed by atoms with Gasteiger partial charge in [-0.25, -0.2) is 17.2 Å². The lowest BCUT2D eigenvalue weighted by molar-refractivity contribution is -0.140. The summed E-state index contributed by atoms with van der Waals surface area (Å²) in [5.41, 5.74) is 1.42. The van der Waals surface area contributed by atoms with E-state index in [4.69, 9.17) is 4.74 Å². The molecule has 11 heteroatoms. The molecule has 1 aliphatic rings. The molecule has 0 unspecified atom stereocenters. The lowest BCUT2D eigenvalue weighted by Gasteiger charge is -2.34. The molecule has 4 aromatic rings. The maximum atomic E-state index is 14.5. The Morgan fingerprint density at radius 3 is 2.02 bits per heavy atom. The van der Waals surface area contributed by atoms with E-state index < -0.39 is 40.2 Å². The SMILES string of the molecule is COc1ccc(S(=O)(=O)N(CC(=O)N(Cc2ccc(F)cc2)[C@@H](Cc2ccccc2)C(=O)NC2CCCC2)c2ccc(F)cc2)cc1. The van der Waals surface area contributed by atoms with Gasteiger partial charge in [-0.1, -0.05) is 55.3 Å².